The lowest BCUT2D eigenvalue weighted by Crippen LogP contribution is -2.19. The number of pyridine rings is 2. The van der Waals surface area contributed by atoms with Crippen molar-refractivity contribution in [3.05, 3.63) is 53.5 Å². The number of nitrogens with zero attached hydrogens (tertiary/aromatic N) is 3. The maximum Gasteiger partial charge on any atom is 0.151 e. The molecule has 0 saturated carbocycles. The molecule has 2 rings (SSSR count). The third-order valence-corrected chi connectivity index (χ3v) is 2.71. The van der Waals surface area contributed by atoms with Gasteiger partial charge in [-0.2, -0.15) is 0 Å². The van der Waals surface area contributed by atoms with Gasteiger partial charge in [0.25, 0.3) is 0 Å². The fraction of sp³-hybridized carbons (Fsp3) is 0.214. The van der Waals surface area contributed by atoms with E-state index in [2.05, 4.69) is 9.97 Å². The number of carbonyl (C=O) groups is 1. The van der Waals surface area contributed by atoms with E-state index in [-0.39, 0.29) is 0 Å². The number of aldehydes is 1. The van der Waals surface area contributed by atoms with Gasteiger partial charge in [-0.25, -0.2) is 4.98 Å². The van der Waals surface area contributed by atoms with Crippen LogP contribution in [0.3, 0.4) is 0 Å². The molecule has 0 aliphatic carbocycles. The Hall–Kier alpha value is -2.23. The van der Waals surface area contributed by atoms with Crippen LogP contribution in [0.1, 0.15) is 21.5 Å². The van der Waals surface area contributed by atoms with Crippen LogP contribution in [0.5, 0.6) is 0 Å². The minimum atomic E-state index is 0.603. The minimum absolute atomic E-state index is 0.603. The molecule has 0 spiro atoms. The molecule has 4 heteroatoms. The Balaban J connectivity index is 2.19. The van der Waals surface area contributed by atoms with E-state index in [1.54, 1.807) is 12.4 Å². The Kier molecular flexibility index (Phi) is 3.67. The zero-order valence-corrected chi connectivity index (χ0v) is 10.5. The third-order valence-electron chi connectivity index (χ3n) is 2.71. The van der Waals surface area contributed by atoms with Crippen molar-refractivity contribution in [1.29, 1.82) is 0 Å². The molecule has 4 nitrogen and oxygen atoms in total. The second-order valence-electron chi connectivity index (χ2n) is 4.24. The maximum absolute atomic E-state index is 10.7. The Morgan fingerprint density at radius 1 is 1.39 bits per heavy atom. The van der Waals surface area contributed by atoms with Crippen molar-refractivity contribution in [3.63, 3.8) is 0 Å². The smallest absolute Gasteiger partial charge is 0.151 e. The normalized spacial score (nSPS) is 10.1. The van der Waals surface area contributed by atoms with Crippen molar-refractivity contribution in [3.8, 4) is 0 Å². The van der Waals surface area contributed by atoms with E-state index in [1.807, 2.05) is 43.3 Å². The van der Waals surface area contributed by atoms with E-state index in [0.717, 1.165) is 29.8 Å². The molecule has 0 aliphatic rings. The minimum Gasteiger partial charge on any atom is -0.355 e. The Morgan fingerprint density at radius 3 is 2.83 bits per heavy atom. The predicted octanol–water partition coefficient (Wildman–Crippen LogP) is 2.23. The number of carbonyl (C=O) groups excluding carboxylic acids is 1. The first-order chi connectivity index (χ1) is 8.70. The molecule has 0 saturated heterocycles. The number of hydrogen-bond acceptors (Lipinski definition) is 4. The van der Waals surface area contributed by atoms with Crippen molar-refractivity contribution in [2.75, 3.05) is 11.9 Å². The number of hydrogen-bond donors (Lipinski definition) is 0. The summed E-state index contributed by atoms with van der Waals surface area (Å²) in [6.07, 6.45) is 6.00. The van der Waals surface area contributed by atoms with Crippen molar-refractivity contribution in [2.45, 2.75) is 13.5 Å². The molecule has 0 radical (unpaired) electrons. The van der Waals surface area contributed by atoms with Crippen LogP contribution in [-0.2, 0) is 6.54 Å². The average molecular weight is 241 g/mol. The Labute approximate surface area is 106 Å². The second kappa shape index (κ2) is 5.40. The van der Waals surface area contributed by atoms with Crippen molar-refractivity contribution >= 4 is 12.1 Å². The molecule has 0 aliphatic heterocycles. The second-order valence-corrected chi connectivity index (χ2v) is 4.24. The topological polar surface area (TPSA) is 46.1 Å². The summed E-state index contributed by atoms with van der Waals surface area (Å²) in [4.78, 5) is 21.1. The number of rotatable bonds is 4. The molecule has 0 N–H and O–H groups in total. The maximum atomic E-state index is 10.7. The first-order valence-electron chi connectivity index (χ1n) is 5.72. The molecule has 0 bridgehead atoms. The lowest BCUT2D eigenvalue weighted by Gasteiger charge is -2.20. The highest BCUT2D eigenvalue weighted by atomic mass is 16.1. The molecule has 2 heterocycles. The zero-order chi connectivity index (χ0) is 13.0. The molecule has 2 aromatic heterocycles. The number of anilines is 1. The van der Waals surface area contributed by atoms with Crippen LogP contribution in [0, 0.1) is 6.92 Å². The van der Waals surface area contributed by atoms with Gasteiger partial charge in [-0.15, -0.1) is 0 Å². The van der Waals surface area contributed by atoms with Gasteiger partial charge in [0, 0.05) is 37.7 Å². The van der Waals surface area contributed by atoms with Crippen molar-refractivity contribution < 1.29 is 4.79 Å². The van der Waals surface area contributed by atoms with E-state index in [0.29, 0.717) is 5.56 Å². The SMILES string of the molecule is Cc1cc(C=O)cnc1N(C)Cc1cccnc1. The summed E-state index contributed by atoms with van der Waals surface area (Å²) in [5.74, 6) is 0.879. The molecule has 2 aromatic rings. The fourth-order valence-electron chi connectivity index (χ4n) is 1.89. The highest BCUT2D eigenvalue weighted by Crippen LogP contribution is 2.17. The molecule has 0 aromatic carbocycles. The molecule has 0 amide bonds. The van der Waals surface area contributed by atoms with E-state index >= 15 is 0 Å². The van der Waals surface area contributed by atoms with Crippen LogP contribution >= 0.6 is 0 Å². The van der Waals surface area contributed by atoms with E-state index < -0.39 is 0 Å². The van der Waals surface area contributed by atoms with Crippen molar-refractivity contribution in [2.24, 2.45) is 0 Å². The molecule has 18 heavy (non-hydrogen) atoms. The molecular formula is C14H15N3O. The quantitative estimate of drug-likeness (QED) is 0.770. The van der Waals surface area contributed by atoms with Gasteiger partial charge in [0.05, 0.1) is 0 Å². The van der Waals surface area contributed by atoms with Gasteiger partial charge >= 0.3 is 0 Å². The first-order valence-corrected chi connectivity index (χ1v) is 5.72. The first kappa shape index (κ1) is 12.2. The monoisotopic (exact) mass is 241 g/mol. The largest absolute Gasteiger partial charge is 0.355 e. The Morgan fingerprint density at radius 2 is 2.22 bits per heavy atom. The average Bonchev–Trinajstić information content (AvgIpc) is 2.39. The van der Waals surface area contributed by atoms with Gasteiger partial charge in [-0.05, 0) is 30.2 Å². The zero-order valence-electron chi connectivity index (χ0n) is 10.5. The predicted molar refractivity (Wildman–Crippen MR) is 70.7 cm³/mol. The molecule has 0 fully saturated rings. The highest BCUT2D eigenvalue weighted by Gasteiger charge is 2.07. The summed E-state index contributed by atoms with van der Waals surface area (Å²) in [5.41, 5.74) is 2.72. The van der Waals surface area contributed by atoms with Crippen LogP contribution < -0.4 is 4.90 Å². The van der Waals surface area contributed by atoms with Crippen LogP contribution in [0.15, 0.2) is 36.8 Å². The third kappa shape index (κ3) is 2.71. The lowest BCUT2D eigenvalue weighted by atomic mass is 10.2. The van der Waals surface area contributed by atoms with Gasteiger partial charge in [0.15, 0.2) is 6.29 Å². The summed E-state index contributed by atoms with van der Waals surface area (Å²) in [5, 5.41) is 0. The summed E-state index contributed by atoms with van der Waals surface area (Å²) < 4.78 is 0. The van der Waals surface area contributed by atoms with E-state index in [1.165, 1.54) is 0 Å². The van der Waals surface area contributed by atoms with Crippen LogP contribution in [-0.4, -0.2) is 23.3 Å². The fourth-order valence-corrected chi connectivity index (χ4v) is 1.89. The van der Waals surface area contributed by atoms with Gasteiger partial charge < -0.3 is 4.90 Å². The van der Waals surface area contributed by atoms with Gasteiger partial charge in [0.1, 0.15) is 5.82 Å². The number of aromatic nitrogens is 2. The van der Waals surface area contributed by atoms with E-state index in [9.17, 15) is 4.79 Å². The van der Waals surface area contributed by atoms with Gasteiger partial charge in [-0.1, -0.05) is 6.07 Å². The van der Waals surface area contributed by atoms with Gasteiger partial charge in [0.2, 0.25) is 0 Å². The standard InChI is InChI=1S/C14H15N3O/c1-11-6-13(10-18)8-16-14(11)17(2)9-12-4-3-5-15-7-12/h3-8,10H,9H2,1-2H3. The molecule has 92 valence electrons. The van der Waals surface area contributed by atoms with Gasteiger partial charge in [-0.3, -0.25) is 9.78 Å². The Bertz CT molecular complexity index is 540. The highest BCUT2D eigenvalue weighted by molar-refractivity contribution is 5.75. The lowest BCUT2D eigenvalue weighted by molar-refractivity contribution is 0.112. The van der Waals surface area contributed by atoms with Crippen molar-refractivity contribution in [1.82, 2.24) is 9.97 Å². The molecular weight excluding hydrogens is 226 g/mol. The van der Waals surface area contributed by atoms with Crippen LogP contribution in [0.4, 0.5) is 5.82 Å². The summed E-state index contributed by atoms with van der Waals surface area (Å²) in [6.45, 7) is 2.69. The molecule has 0 atom stereocenters. The van der Waals surface area contributed by atoms with E-state index in [4.69, 9.17) is 0 Å². The van der Waals surface area contributed by atoms with Crippen LogP contribution in [0.25, 0.3) is 0 Å². The molecule has 0 unspecified atom stereocenters. The summed E-state index contributed by atoms with van der Waals surface area (Å²) >= 11 is 0. The summed E-state index contributed by atoms with van der Waals surface area (Å²) in [7, 11) is 1.98. The summed E-state index contributed by atoms with van der Waals surface area (Å²) in [6, 6.07) is 5.78. The van der Waals surface area contributed by atoms with Crippen LogP contribution in [0.2, 0.25) is 0 Å². The number of aryl methyl sites for hydroxylation is 1.